The van der Waals surface area contributed by atoms with Crippen molar-refractivity contribution in [2.75, 3.05) is 26.7 Å². The molecule has 3 nitrogen and oxygen atoms in total. The normalized spacial score (nSPS) is 17.6. The lowest BCUT2D eigenvalue weighted by atomic mass is 9.98. The molecule has 0 atom stereocenters. The lowest BCUT2D eigenvalue weighted by Gasteiger charge is -2.30. The molecular weight excluding hydrogens is 236 g/mol. The first-order chi connectivity index (χ1) is 9.22. The summed E-state index contributed by atoms with van der Waals surface area (Å²) in [5, 5.41) is 0. The SMILES string of the molecule is COc1ccc(CCN)cc1CN1CCC(C)CC1. The average molecular weight is 262 g/mol. The van der Waals surface area contributed by atoms with Gasteiger partial charge in [-0.2, -0.15) is 0 Å². The fourth-order valence-corrected chi connectivity index (χ4v) is 2.74. The van der Waals surface area contributed by atoms with Crippen LogP contribution in [0.2, 0.25) is 0 Å². The number of nitrogens with zero attached hydrogens (tertiary/aromatic N) is 1. The maximum absolute atomic E-state index is 5.64. The number of likely N-dealkylation sites (tertiary alicyclic amines) is 1. The van der Waals surface area contributed by atoms with E-state index in [1.807, 2.05) is 0 Å². The van der Waals surface area contributed by atoms with Crippen molar-refractivity contribution >= 4 is 0 Å². The number of benzene rings is 1. The summed E-state index contributed by atoms with van der Waals surface area (Å²) in [6.45, 7) is 6.44. The molecule has 0 radical (unpaired) electrons. The number of piperidine rings is 1. The van der Waals surface area contributed by atoms with E-state index in [0.29, 0.717) is 6.54 Å². The van der Waals surface area contributed by atoms with E-state index in [9.17, 15) is 0 Å². The Labute approximate surface area is 116 Å². The first-order valence-electron chi connectivity index (χ1n) is 7.31. The van der Waals surface area contributed by atoms with E-state index in [4.69, 9.17) is 10.5 Å². The van der Waals surface area contributed by atoms with Crippen LogP contribution in [0.15, 0.2) is 18.2 Å². The molecule has 0 amide bonds. The maximum Gasteiger partial charge on any atom is 0.123 e. The second kappa shape index (κ2) is 6.92. The fraction of sp³-hybridized carbons (Fsp3) is 0.625. The van der Waals surface area contributed by atoms with E-state index in [-0.39, 0.29) is 0 Å². The van der Waals surface area contributed by atoms with E-state index < -0.39 is 0 Å². The van der Waals surface area contributed by atoms with Gasteiger partial charge in [-0.15, -0.1) is 0 Å². The molecule has 0 unspecified atom stereocenters. The molecule has 1 heterocycles. The van der Waals surface area contributed by atoms with Crippen LogP contribution in [0.3, 0.4) is 0 Å². The third-order valence-electron chi connectivity index (χ3n) is 4.05. The van der Waals surface area contributed by atoms with Gasteiger partial charge in [0.1, 0.15) is 5.75 Å². The molecule has 0 aromatic heterocycles. The Kier molecular flexibility index (Phi) is 5.23. The fourth-order valence-electron chi connectivity index (χ4n) is 2.74. The van der Waals surface area contributed by atoms with Gasteiger partial charge in [0.2, 0.25) is 0 Å². The molecule has 3 heteroatoms. The minimum atomic E-state index is 0.701. The van der Waals surface area contributed by atoms with Gasteiger partial charge in [-0.25, -0.2) is 0 Å². The largest absolute Gasteiger partial charge is 0.496 e. The first-order valence-corrected chi connectivity index (χ1v) is 7.31. The van der Waals surface area contributed by atoms with Gasteiger partial charge >= 0.3 is 0 Å². The summed E-state index contributed by atoms with van der Waals surface area (Å²) in [5.41, 5.74) is 8.24. The predicted octanol–water partition coefficient (Wildman–Crippen LogP) is 2.43. The Balaban J connectivity index is 2.06. The van der Waals surface area contributed by atoms with Gasteiger partial charge < -0.3 is 10.5 Å². The summed E-state index contributed by atoms with van der Waals surface area (Å²) in [6, 6.07) is 6.45. The van der Waals surface area contributed by atoms with E-state index in [0.717, 1.165) is 24.6 Å². The van der Waals surface area contributed by atoms with Gasteiger partial charge in [0.05, 0.1) is 7.11 Å². The number of ether oxygens (including phenoxy) is 1. The van der Waals surface area contributed by atoms with Crippen LogP contribution in [0, 0.1) is 5.92 Å². The van der Waals surface area contributed by atoms with Gasteiger partial charge in [0.25, 0.3) is 0 Å². The topological polar surface area (TPSA) is 38.5 Å². The summed E-state index contributed by atoms with van der Waals surface area (Å²) in [5.74, 6) is 1.88. The molecule has 1 aliphatic heterocycles. The van der Waals surface area contributed by atoms with Crippen LogP contribution in [-0.4, -0.2) is 31.6 Å². The standard InChI is InChI=1S/C16H26N2O/c1-13-6-9-18(10-7-13)12-15-11-14(5-8-17)3-4-16(15)19-2/h3-4,11,13H,5-10,12,17H2,1-2H3. The number of hydrogen-bond donors (Lipinski definition) is 1. The van der Waals surface area contributed by atoms with Gasteiger partial charge in [0.15, 0.2) is 0 Å². The molecular formula is C16H26N2O. The molecule has 2 N–H and O–H groups in total. The van der Waals surface area contributed by atoms with Gasteiger partial charge in [-0.05, 0) is 56.4 Å². The van der Waals surface area contributed by atoms with Crippen molar-refractivity contribution in [2.24, 2.45) is 11.7 Å². The third-order valence-corrected chi connectivity index (χ3v) is 4.05. The predicted molar refractivity (Wildman–Crippen MR) is 79.4 cm³/mol. The van der Waals surface area contributed by atoms with Crippen LogP contribution >= 0.6 is 0 Å². The van der Waals surface area contributed by atoms with Gasteiger partial charge in [-0.3, -0.25) is 4.90 Å². The smallest absolute Gasteiger partial charge is 0.123 e. The number of nitrogens with two attached hydrogens (primary N) is 1. The number of rotatable bonds is 5. The highest BCUT2D eigenvalue weighted by atomic mass is 16.5. The molecule has 0 spiro atoms. The average Bonchev–Trinajstić information content (AvgIpc) is 2.42. The van der Waals surface area contributed by atoms with Crippen LogP contribution in [0.25, 0.3) is 0 Å². The van der Waals surface area contributed by atoms with Crippen molar-refractivity contribution in [3.8, 4) is 5.75 Å². The summed E-state index contributed by atoms with van der Waals surface area (Å²) in [4.78, 5) is 2.53. The molecule has 19 heavy (non-hydrogen) atoms. The van der Waals surface area contributed by atoms with Gasteiger partial charge in [0, 0.05) is 12.1 Å². The number of methoxy groups -OCH3 is 1. The Hall–Kier alpha value is -1.06. The Morgan fingerprint density at radius 1 is 1.32 bits per heavy atom. The molecule has 2 rings (SSSR count). The van der Waals surface area contributed by atoms with Crippen molar-refractivity contribution < 1.29 is 4.74 Å². The molecule has 1 aromatic carbocycles. The third kappa shape index (κ3) is 3.95. The quantitative estimate of drug-likeness (QED) is 0.885. The molecule has 1 aliphatic rings. The van der Waals surface area contributed by atoms with Crippen LogP contribution < -0.4 is 10.5 Å². The maximum atomic E-state index is 5.64. The summed E-state index contributed by atoms with van der Waals surface area (Å²) in [7, 11) is 1.75. The lowest BCUT2D eigenvalue weighted by Crippen LogP contribution is -2.32. The van der Waals surface area contributed by atoms with Crippen molar-refractivity contribution in [1.82, 2.24) is 4.90 Å². The van der Waals surface area contributed by atoms with E-state index in [1.54, 1.807) is 7.11 Å². The van der Waals surface area contributed by atoms with Crippen molar-refractivity contribution in [3.63, 3.8) is 0 Å². The second-order valence-corrected chi connectivity index (χ2v) is 5.64. The van der Waals surface area contributed by atoms with Crippen LogP contribution in [-0.2, 0) is 13.0 Å². The van der Waals surface area contributed by atoms with E-state index in [2.05, 4.69) is 30.0 Å². The zero-order valence-corrected chi connectivity index (χ0v) is 12.2. The zero-order valence-electron chi connectivity index (χ0n) is 12.2. The first kappa shape index (κ1) is 14.4. The van der Waals surface area contributed by atoms with Crippen molar-refractivity contribution in [1.29, 1.82) is 0 Å². The van der Waals surface area contributed by atoms with Crippen LogP contribution in [0.1, 0.15) is 30.9 Å². The molecule has 0 bridgehead atoms. The van der Waals surface area contributed by atoms with Crippen molar-refractivity contribution in [3.05, 3.63) is 29.3 Å². The molecule has 0 saturated carbocycles. The second-order valence-electron chi connectivity index (χ2n) is 5.64. The molecule has 1 fully saturated rings. The summed E-state index contributed by atoms with van der Waals surface area (Å²) in [6.07, 6.45) is 3.56. The summed E-state index contributed by atoms with van der Waals surface area (Å²) >= 11 is 0. The Morgan fingerprint density at radius 3 is 2.68 bits per heavy atom. The highest BCUT2D eigenvalue weighted by Gasteiger charge is 2.17. The minimum Gasteiger partial charge on any atom is -0.496 e. The summed E-state index contributed by atoms with van der Waals surface area (Å²) < 4.78 is 5.48. The van der Waals surface area contributed by atoms with Gasteiger partial charge in [-0.1, -0.05) is 19.1 Å². The van der Waals surface area contributed by atoms with E-state index in [1.165, 1.54) is 37.1 Å². The molecule has 1 saturated heterocycles. The Bertz CT molecular complexity index is 398. The molecule has 1 aromatic rings. The zero-order chi connectivity index (χ0) is 13.7. The van der Waals surface area contributed by atoms with E-state index >= 15 is 0 Å². The Morgan fingerprint density at radius 2 is 2.05 bits per heavy atom. The lowest BCUT2D eigenvalue weighted by molar-refractivity contribution is 0.183. The minimum absolute atomic E-state index is 0.701. The molecule has 106 valence electrons. The monoisotopic (exact) mass is 262 g/mol. The van der Waals surface area contributed by atoms with Crippen molar-refractivity contribution in [2.45, 2.75) is 32.7 Å². The van der Waals surface area contributed by atoms with Crippen LogP contribution in [0.5, 0.6) is 5.75 Å². The number of hydrogen-bond acceptors (Lipinski definition) is 3. The molecule has 0 aliphatic carbocycles. The van der Waals surface area contributed by atoms with Crippen LogP contribution in [0.4, 0.5) is 0 Å². The highest BCUT2D eigenvalue weighted by molar-refractivity contribution is 5.37. The highest BCUT2D eigenvalue weighted by Crippen LogP contribution is 2.24.